The standard InChI is InChI=1S/C19H28FNO3/c1-4-24-18(22)9-7-5-6-8-14-21(15(2)3)19(23)16-10-12-17(20)13-11-16/h10-13,15H,4-9,14H2,1-3H3. The van der Waals surface area contributed by atoms with Gasteiger partial charge in [0.1, 0.15) is 5.82 Å². The summed E-state index contributed by atoms with van der Waals surface area (Å²) >= 11 is 0. The summed E-state index contributed by atoms with van der Waals surface area (Å²) in [6, 6.07) is 5.74. The summed E-state index contributed by atoms with van der Waals surface area (Å²) in [7, 11) is 0. The van der Waals surface area contributed by atoms with Gasteiger partial charge in [-0.2, -0.15) is 0 Å². The molecule has 1 aromatic carbocycles. The summed E-state index contributed by atoms with van der Waals surface area (Å²) in [5, 5.41) is 0. The van der Waals surface area contributed by atoms with Crippen LogP contribution in [0.1, 0.15) is 63.2 Å². The van der Waals surface area contributed by atoms with Crippen molar-refractivity contribution in [2.24, 2.45) is 0 Å². The summed E-state index contributed by atoms with van der Waals surface area (Å²) in [4.78, 5) is 25.6. The van der Waals surface area contributed by atoms with Gasteiger partial charge in [-0.3, -0.25) is 9.59 Å². The van der Waals surface area contributed by atoms with Crippen LogP contribution in [-0.4, -0.2) is 36.0 Å². The van der Waals surface area contributed by atoms with E-state index in [-0.39, 0.29) is 23.7 Å². The fraction of sp³-hybridized carbons (Fsp3) is 0.579. The normalized spacial score (nSPS) is 10.7. The number of ether oxygens (including phenoxy) is 1. The van der Waals surface area contributed by atoms with Crippen LogP contribution >= 0.6 is 0 Å². The van der Waals surface area contributed by atoms with Crippen LogP contribution in [0.4, 0.5) is 4.39 Å². The molecule has 1 rings (SSSR count). The predicted octanol–water partition coefficient (Wildman–Crippen LogP) is 4.19. The Morgan fingerprint density at radius 1 is 1.08 bits per heavy atom. The molecule has 0 unspecified atom stereocenters. The van der Waals surface area contributed by atoms with Gasteiger partial charge in [0.2, 0.25) is 0 Å². The topological polar surface area (TPSA) is 46.6 Å². The second-order valence-electron chi connectivity index (χ2n) is 6.07. The Balaban J connectivity index is 2.37. The minimum Gasteiger partial charge on any atom is -0.466 e. The van der Waals surface area contributed by atoms with E-state index in [0.717, 1.165) is 25.7 Å². The van der Waals surface area contributed by atoms with Gasteiger partial charge in [-0.25, -0.2) is 4.39 Å². The molecule has 0 heterocycles. The zero-order valence-corrected chi connectivity index (χ0v) is 14.9. The lowest BCUT2D eigenvalue weighted by molar-refractivity contribution is -0.143. The molecule has 0 atom stereocenters. The maximum atomic E-state index is 13.0. The van der Waals surface area contributed by atoms with Crippen molar-refractivity contribution in [2.45, 2.75) is 58.9 Å². The Labute approximate surface area is 144 Å². The fourth-order valence-electron chi connectivity index (χ4n) is 2.49. The molecule has 5 heteroatoms. The largest absolute Gasteiger partial charge is 0.466 e. The van der Waals surface area contributed by atoms with E-state index in [9.17, 15) is 14.0 Å². The highest BCUT2D eigenvalue weighted by Gasteiger charge is 2.18. The lowest BCUT2D eigenvalue weighted by Gasteiger charge is -2.27. The number of carbonyl (C=O) groups excluding carboxylic acids is 2. The number of hydrogen-bond acceptors (Lipinski definition) is 3. The van der Waals surface area contributed by atoms with Crippen LogP contribution in [-0.2, 0) is 9.53 Å². The van der Waals surface area contributed by atoms with Crippen molar-refractivity contribution in [1.82, 2.24) is 4.90 Å². The average Bonchev–Trinajstić information content (AvgIpc) is 2.54. The molecule has 0 fully saturated rings. The lowest BCUT2D eigenvalue weighted by Crippen LogP contribution is -2.37. The fourth-order valence-corrected chi connectivity index (χ4v) is 2.49. The summed E-state index contributed by atoms with van der Waals surface area (Å²) in [6.07, 6.45) is 4.05. The summed E-state index contributed by atoms with van der Waals surface area (Å²) in [6.45, 7) is 6.84. The van der Waals surface area contributed by atoms with E-state index in [1.54, 1.807) is 11.8 Å². The van der Waals surface area contributed by atoms with Gasteiger partial charge in [0.15, 0.2) is 0 Å². The van der Waals surface area contributed by atoms with Crippen molar-refractivity contribution in [2.75, 3.05) is 13.2 Å². The third-order valence-corrected chi connectivity index (χ3v) is 3.81. The molecule has 1 amide bonds. The molecule has 0 spiro atoms. The molecule has 0 N–H and O–H groups in total. The predicted molar refractivity (Wildman–Crippen MR) is 92.3 cm³/mol. The third kappa shape index (κ3) is 7.11. The first-order valence-electron chi connectivity index (χ1n) is 8.67. The van der Waals surface area contributed by atoms with Crippen molar-refractivity contribution in [3.63, 3.8) is 0 Å². The first kappa shape index (κ1) is 20.1. The van der Waals surface area contributed by atoms with Gasteiger partial charge >= 0.3 is 5.97 Å². The highest BCUT2D eigenvalue weighted by molar-refractivity contribution is 5.94. The van der Waals surface area contributed by atoms with E-state index in [2.05, 4.69) is 0 Å². The maximum Gasteiger partial charge on any atom is 0.305 e. The smallest absolute Gasteiger partial charge is 0.305 e. The van der Waals surface area contributed by atoms with Crippen LogP contribution in [0, 0.1) is 5.82 Å². The third-order valence-electron chi connectivity index (χ3n) is 3.81. The zero-order chi connectivity index (χ0) is 17.9. The monoisotopic (exact) mass is 337 g/mol. The number of benzene rings is 1. The van der Waals surface area contributed by atoms with Gasteiger partial charge in [0.25, 0.3) is 5.91 Å². The minimum absolute atomic E-state index is 0.0727. The van der Waals surface area contributed by atoms with Crippen molar-refractivity contribution < 1.29 is 18.7 Å². The van der Waals surface area contributed by atoms with Crippen LogP contribution < -0.4 is 0 Å². The van der Waals surface area contributed by atoms with Crippen molar-refractivity contribution in [1.29, 1.82) is 0 Å². The Hall–Kier alpha value is -1.91. The molecule has 134 valence electrons. The first-order chi connectivity index (χ1) is 11.5. The molecule has 0 aliphatic rings. The summed E-state index contributed by atoms with van der Waals surface area (Å²) < 4.78 is 17.9. The molecule has 1 aromatic rings. The molecule has 0 saturated carbocycles. The molecule has 4 nitrogen and oxygen atoms in total. The highest BCUT2D eigenvalue weighted by Crippen LogP contribution is 2.12. The van der Waals surface area contributed by atoms with E-state index < -0.39 is 0 Å². The van der Waals surface area contributed by atoms with Crippen molar-refractivity contribution in [3.8, 4) is 0 Å². The van der Waals surface area contributed by atoms with Crippen LogP contribution in [0.5, 0.6) is 0 Å². The second kappa shape index (κ2) is 10.8. The molecule has 0 aliphatic heterocycles. The van der Waals surface area contributed by atoms with Crippen LogP contribution in [0.15, 0.2) is 24.3 Å². The van der Waals surface area contributed by atoms with E-state index >= 15 is 0 Å². The molecule has 0 aromatic heterocycles. The van der Waals surface area contributed by atoms with E-state index in [4.69, 9.17) is 4.74 Å². The number of nitrogens with zero attached hydrogens (tertiary/aromatic N) is 1. The molecule has 24 heavy (non-hydrogen) atoms. The Bertz CT molecular complexity index is 514. The number of rotatable bonds is 10. The zero-order valence-electron chi connectivity index (χ0n) is 14.9. The molecular weight excluding hydrogens is 309 g/mol. The number of esters is 1. The Morgan fingerprint density at radius 3 is 2.29 bits per heavy atom. The average molecular weight is 337 g/mol. The van der Waals surface area contributed by atoms with E-state index in [1.165, 1.54) is 24.3 Å². The van der Waals surface area contributed by atoms with Gasteiger partial charge in [-0.15, -0.1) is 0 Å². The second-order valence-corrected chi connectivity index (χ2v) is 6.07. The van der Waals surface area contributed by atoms with Crippen LogP contribution in [0.3, 0.4) is 0 Å². The van der Waals surface area contributed by atoms with Crippen LogP contribution in [0.2, 0.25) is 0 Å². The maximum absolute atomic E-state index is 13.0. The molecule has 0 saturated heterocycles. The summed E-state index contributed by atoms with van der Waals surface area (Å²) in [5.74, 6) is -0.562. The molecule has 0 aliphatic carbocycles. The first-order valence-corrected chi connectivity index (χ1v) is 8.67. The van der Waals surface area contributed by atoms with E-state index in [1.807, 2.05) is 13.8 Å². The Morgan fingerprint density at radius 2 is 1.71 bits per heavy atom. The van der Waals surface area contributed by atoms with Gasteiger partial charge < -0.3 is 9.64 Å². The lowest BCUT2D eigenvalue weighted by atomic mass is 10.1. The van der Waals surface area contributed by atoms with Crippen molar-refractivity contribution in [3.05, 3.63) is 35.6 Å². The number of halogens is 1. The molecule has 0 radical (unpaired) electrons. The van der Waals surface area contributed by atoms with Crippen LogP contribution in [0.25, 0.3) is 0 Å². The number of unbranched alkanes of at least 4 members (excludes halogenated alkanes) is 3. The SMILES string of the molecule is CCOC(=O)CCCCCCN(C(=O)c1ccc(F)cc1)C(C)C. The quantitative estimate of drug-likeness (QED) is 0.475. The van der Waals surface area contributed by atoms with Gasteiger partial charge in [-0.1, -0.05) is 12.8 Å². The summed E-state index contributed by atoms with van der Waals surface area (Å²) in [5.41, 5.74) is 0.507. The van der Waals surface area contributed by atoms with Gasteiger partial charge in [0.05, 0.1) is 6.61 Å². The molecular formula is C19H28FNO3. The number of amides is 1. The van der Waals surface area contributed by atoms with E-state index in [0.29, 0.717) is 25.1 Å². The highest BCUT2D eigenvalue weighted by atomic mass is 19.1. The van der Waals surface area contributed by atoms with Gasteiger partial charge in [-0.05, 0) is 57.9 Å². The Kier molecular flexibility index (Phi) is 9.05. The minimum atomic E-state index is -0.343. The number of hydrogen-bond donors (Lipinski definition) is 0. The van der Waals surface area contributed by atoms with Crippen molar-refractivity contribution >= 4 is 11.9 Å². The van der Waals surface area contributed by atoms with Gasteiger partial charge in [0, 0.05) is 24.6 Å². The molecule has 0 bridgehead atoms. The number of carbonyl (C=O) groups is 2.